The van der Waals surface area contributed by atoms with Crippen molar-refractivity contribution in [3.05, 3.63) is 35.9 Å². The maximum atomic E-state index is 12.5. The Kier molecular flexibility index (Phi) is 9.51. The Hall–Kier alpha value is -2.17. The molecule has 0 saturated carbocycles. The maximum absolute atomic E-state index is 12.5. The molecule has 0 fully saturated rings. The number of benzene rings is 1. The van der Waals surface area contributed by atoms with Crippen molar-refractivity contribution in [2.45, 2.75) is 46.0 Å². The molecule has 1 amide bonds. The molecule has 5 heteroatoms. The quantitative estimate of drug-likeness (QED) is 0.349. The number of Topliss-reactive ketones (excluding diaryl/α,β-unsaturated/α-hetero) is 1. The van der Waals surface area contributed by atoms with Crippen molar-refractivity contribution in [2.75, 3.05) is 20.2 Å². The maximum Gasteiger partial charge on any atom is 0.310 e. The molecule has 0 aliphatic heterocycles. The summed E-state index contributed by atoms with van der Waals surface area (Å²) in [6, 6.07) is 8.98. The Morgan fingerprint density at radius 1 is 1.08 bits per heavy atom. The molecule has 0 radical (unpaired) electrons. The first kappa shape index (κ1) is 20.9. The summed E-state index contributed by atoms with van der Waals surface area (Å²) in [5, 5.41) is 0. The van der Waals surface area contributed by atoms with E-state index in [1.807, 2.05) is 18.2 Å². The molecule has 138 valence electrons. The van der Waals surface area contributed by atoms with E-state index < -0.39 is 0 Å². The van der Waals surface area contributed by atoms with Gasteiger partial charge in [0.2, 0.25) is 5.91 Å². The average molecular weight is 347 g/mol. The minimum Gasteiger partial charge on any atom is -0.469 e. The summed E-state index contributed by atoms with van der Waals surface area (Å²) in [5.41, 5.74) is 0.621. The topological polar surface area (TPSA) is 63.7 Å². The number of hydrogen-bond donors (Lipinski definition) is 0. The summed E-state index contributed by atoms with van der Waals surface area (Å²) < 4.78 is 4.74. The zero-order valence-electron chi connectivity index (χ0n) is 15.5. The molecule has 25 heavy (non-hydrogen) atoms. The fourth-order valence-electron chi connectivity index (χ4n) is 2.62. The van der Waals surface area contributed by atoms with Crippen LogP contribution in [0, 0.1) is 5.92 Å². The molecule has 0 bridgehead atoms. The Bertz CT molecular complexity index is 556. The van der Waals surface area contributed by atoms with Crippen molar-refractivity contribution in [2.24, 2.45) is 5.92 Å². The van der Waals surface area contributed by atoms with Crippen LogP contribution in [0.2, 0.25) is 0 Å². The highest BCUT2D eigenvalue weighted by atomic mass is 16.5. The minimum atomic E-state index is -0.375. The van der Waals surface area contributed by atoms with Gasteiger partial charge >= 0.3 is 5.97 Å². The van der Waals surface area contributed by atoms with Crippen molar-refractivity contribution in [1.82, 2.24) is 4.90 Å². The number of carbonyl (C=O) groups is 3. The van der Waals surface area contributed by atoms with Gasteiger partial charge in [-0.1, -0.05) is 57.0 Å². The zero-order chi connectivity index (χ0) is 18.7. The predicted molar refractivity (Wildman–Crippen MR) is 97.3 cm³/mol. The standard InChI is InChI=1S/C20H29NO4/c1-4-5-9-14-21(15-16(2)20(24)25-3)19(23)13-12-18(22)17-10-7-6-8-11-17/h6-8,10-11,16H,4-5,9,12-15H2,1-3H3. The monoisotopic (exact) mass is 347 g/mol. The molecule has 5 nitrogen and oxygen atoms in total. The van der Waals surface area contributed by atoms with Gasteiger partial charge in [0.1, 0.15) is 0 Å². The summed E-state index contributed by atoms with van der Waals surface area (Å²) >= 11 is 0. The number of rotatable bonds is 11. The highest BCUT2D eigenvalue weighted by molar-refractivity contribution is 5.97. The minimum absolute atomic E-state index is 0.0384. The first-order valence-electron chi connectivity index (χ1n) is 8.93. The molecule has 0 aromatic heterocycles. The molecule has 0 saturated heterocycles. The summed E-state index contributed by atoms with van der Waals surface area (Å²) in [6.45, 7) is 4.78. The number of amides is 1. The van der Waals surface area contributed by atoms with Crippen molar-refractivity contribution < 1.29 is 19.1 Å². The molecular weight excluding hydrogens is 318 g/mol. The third-order valence-electron chi connectivity index (χ3n) is 4.14. The second-order valence-corrected chi connectivity index (χ2v) is 6.26. The number of esters is 1. The second-order valence-electron chi connectivity index (χ2n) is 6.26. The van der Waals surface area contributed by atoms with Gasteiger partial charge in [-0.05, 0) is 6.42 Å². The van der Waals surface area contributed by atoms with Crippen LogP contribution in [0.15, 0.2) is 30.3 Å². The lowest BCUT2D eigenvalue weighted by Crippen LogP contribution is -2.38. The zero-order valence-corrected chi connectivity index (χ0v) is 15.5. The van der Waals surface area contributed by atoms with Gasteiger partial charge in [-0.2, -0.15) is 0 Å². The first-order chi connectivity index (χ1) is 12.0. The molecule has 0 aliphatic carbocycles. The number of nitrogens with zero attached hydrogens (tertiary/aromatic N) is 1. The van der Waals surface area contributed by atoms with Crippen LogP contribution in [0.4, 0.5) is 0 Å². The van der Waals surface area contributed by atoms with Gasteiger partial charge < -0.3 is 9.64 Å². The van der Waals surface area contributed by atoms with Crippen molar-refractivity contribution in [3.63, 3.8) is 0 Å². The molecule has 1 unspecified atom stereocenters. The van der Waals surface area contributed by atoms with Crippen molar-refractivity contribution in [1.29, 1.82) is 0 Å². The molecule has 1 atom stereocenters. The van der Waals surface area contributed by atoms with Crippen LogP contribution in [-0.4, -0.2) is 42.8 Å². The predicted octanol–water partition coefficient (Wildman–Crippen LogP) is 3.48. The van der Waals surface area contributed by atoms with Crippen LogP contribution >= 0.6 is 0 Å². The normalized spacial score (nSPS) is 11.6. The van der Waals surface area contributed by atoms with E-state index in [-0.39, 0.29) is 36.4 Å². The third-order valence-corrected chi connectivity index (χ3v) is 4.14. The number of methoxy groups -OCH3 is 1. The van der Waals surface area contributed by atoms with Gasteiger partial charge in [-0.25, -0.2) is 0 Å². The molecular formula is C20H29NO4. The molecule has 0 N–H and O–H groups in total. The van der Waals surface area contributed by atoms with E-state index in [2.05, 4.69) is 6.92 Å². The lowest BCUT2D eigenvalue weighted by molar-refractivity contribution is -0.146. The van der Waals surface area contributed by atoms with Crippen LogP contribution in [0.25, 0.3) is 0 Å². The van der Waals surface area contributed by atoms with Crippen LogP contribution in [0.3, 0.4) is 0 Å². The molecule has 0 spiro atoms. The van der Waals surface area contributed by atoms with E-state index in [4.69, 9.17) is 4.74 Å². The van der Waals surface area contributed by atoms with E-state index in [1.165, 1.54) is 7.11 Å². The fraction of sp³-hybridized carbons (Fsp3) is 0.550. The number of ketones is 1. The molecule has 0 heterocycles. The Morgan fingerprint density at radius 3 is 2.36 bits per heavy atom. The fourth-order valence-corrected chi connectivity index (χ4v) is 2.62. The van der Waals surface area contributed by atoms with Gasteiger partial charge in [0.25, 0.3) is 0 Å². The Labute approximate surface area is 150 Å². The Morgan fingerprint density at radius 2 is 1.76 bits per heavy atom. The number of hydrogen-bond acceptors (Lipinski definition) is 4. The summed E-state index contributed by atoms with van der Waals surface area (Å²) in [6.07, 6.45) is 3.32. The van der Waals surface area contributed by atoms with Gasteiger partial charge in [0, 0.05) is 31.5 Å². The summed E-state index contributed by atoms with van der Waals surface area (Å²) in [5.74, 6) is -0.825. The van der Waals surface area contributed by atoms with Crippen LogP contribution in [-0.2, 0) is 14.3 Å². The largest absolute Gasteiger partial charge is 0.469 e. The lowest BCUT2D eigenvalue weighted by atomic mass is 10.1. The highest BCUT2D eigenvalue weighted by Crippen LogP contribution is 2.11. The van der Waals surface area contributed by atoms with E-state index in [0.29, 0.717) is 18.7 Å². The number of unbranched alkanes of at least 4 members (excludes halogenated alkanes) is 2. The van der Waals surface area contributed by atoms with Gasteiger partial charge in [-0.15, -0.1) is 0 Å². The molecule has 1 aromatic carbocycles. The van der Waals surface area contributed by atoms with Crippen LogP contribution in [0.1, 0.15) is 56.3 Å². The van der Waals surface area contributed by atoms with Gasteiger partial charge in [-0.3, -0.25) is 14.4 Å². The van der Waals surface area contributed by atoms with Crippen LogP contribution < -0.4 is 0 Å². The second kappa shape index (κ2) is 11.4. The van der Waals surface area contributed by atoms with E-state index in [1.54, 1.807) is 24.0 Å². The molecule has 1 aromatic rings. The first-order valence-corrected chi connectivity index (χ1v) is 8.93. The average Bonchev–Trinajstić information content (AvgIpc) is 2.64. The molecule has 0 aliphatic rings. The van der Waals surface area contributed by atoms with Crippen molar-refractivity contribution in [3.8, 4) is 0 Å². The summed E-state index contributed by atoms with van der Waals surface area (Å²) in [4.78, 5) is 38.0. The van der Waals surface area contributed by atoms with Crippen LogP contribution in [0.5, 0.6) is 0 Å². The Balaban J connectivity index is 2.61. The number of carbonyl (C=O) groups excluding carboxylic acids is 3. The van der Waals surface area contributed by atoms with Crippen molar-refractivity contribution >= 4 is 17.7 Å². The highest BCUT2D eigenvalue weighted by Gasteiger charge is 2.21. The SMILES string of the molecule is CCCCCN(CC(C)C(=O)OC)C(=O)CCC(=O)c1ccccc1. The third kappa shape index (κ3) is 7.50. The molecule has 1 rings (SSSR count). The van der Waals surface area contributed by atoms with E-state index in [0.717, 1.165) is 19.3 Å². The smallest absolute Gasteiger partial charge is 0.310 e. The van der Waals surface area contributed by atoms with Gasteiger partial charge in [0.05, 0.1) is 13.0 Å². The summed E-state index contributed by atoms with van der Waals surface area (Å²) in [7, 11) is 1.35. The lowest BCUT2D eigenvalue weighted by Gasteiger charge is -2.25. The number of ether oxygens (including phenoxy) is 1. The van der Waals surface area contributed by atoms with Gasteiger partial charge in [0.15, 0.2) is 5.78 Å². The van der Waals surface area contributed by atoms with E-state index >= 15 is 0 Å². The van der Waals surface area contributed by atoms with E-state index in [9.17, 15) is 14.4 Å².